The highest BCUT2D eigenvalue weighted by molar-refractivity contribution is 5.95. The molecule has 1 amide bonds. The van der Waals surface area contributed by atoms with Crippen LogP contribution in [0.25, 0.3) is 0 Å². The zero-order valence-corrected chi connectivity index (χ0v) is 10.6. The molecule has 0 aliphatic rings. The van der Waals surface area contributed by atoms with Crippen LogP contribution in [0.2, 0.25) is 0 Å². The van der Waals surface area contributed by atoms with Gasteiger partial charge in [0, 0.05) is 18.2 Å². The molecule has 0 spiro atoms. The second-order valence-electron chi connectivity index (χ2n) is 4.10. The molecule has 0 aliphatic carbocycles. The number of hydrogen-bond acceptors (Lipinski definition) is 5. The minimum absolute atomic E-state index is 0.207. The van der Waals surface area contributed by atoms with Gasteiger partial charge in [0.15, 0.2) is 0 Å². The van der Waals surface area contributed by atoms with E-state index in [9.17, 15) is 28.1 Å². The minimum Gasteiger partial charge on any atom is -0.395 e. The number of nitrogens with zero attached hydrogens (tertiary/aromatic N) is 2. The van der Waals surface area contributed by atoms with E-state index in [1.54, 1.807) is 0 Å². The maximum Gasteiger partial charge on any atom is 0.406 e. The summed E-state index contributed by atoms with van der Waals surface area (Å²) in [7, 11) is 0. The lowest BCUT2D eigenvalue weighted by Crippen LogP contribution is -2.40. The van der Waals surface area contributed by atoms with E-state index in [0.29, 0.717) is 4.90 Å². The first-order chi connectivity index (χ1) is 9.65. The summed E-state index contributed by atoms with van der Waals surface area (Å²) in [5.41, 5.74) is 4.25. The number of carbonyl (C=O) groups excluding carboxylic acids is 1. The molecule has 0 radical (unpaired) electrons. The maximum absolute atomic E-state index is 12.4. The number of alkyl halides is 3. The van der Waals surface area contributed by atoms with Crippen molar-refractivity contribution in [2.75, 3.05) is 25.4 Å². The van der Waals surface area contributed by atoms with Crippen LogP contribution >= 0.6 is 0 Å². The van der Waals surface area contributed by atoms with Crippen LogP contribution in [-0.4, -0.2) is 46.7 Å². The van der Waals surface area contributed by atoms with Crippen LogP contribution < -0.4 is 5.73 Å². The summed E-state index contributed by atoms with van der Waals surface area (Å²) in [6.07, 6.45) is -4.65. The van der Waals surface area contributed by atoms with Gasteiger partial charge in [-0.3, -0.25) is 14.9 Å². The summed E-state index contributed by atoms with van der Waals surface area (Å²) in [6, 6.07) is 2.96. The standard InChI is InChI=1S/C11H12F3N3O4/c12-11(13,14)6-16(3-4-18)10(19)7-1-2-8(15)9(5-7)17(20)21/h1-2,5,18H,3-4,6,15H2. The quantitative estimate of drug-likeness (QED) is 0.482. The van der Waals surface area contributed by atoms with Gasteiger partial charge in [0.05, 0.1) is 11.5 Å². The van der Waals surface area contributed by atoms with Crippen molar-refractivity contribution in [2.45, 2.75) is 6.18 Å². The number of amides is 1. The lowest BCUT2D eigenvalue weighted by atomic mass is 10.1. The molecule has 116 valence electrons. The Morgan fingerprint density at radius 1 is 1.43 bits per heavy atom. The average Bonchev–Trinajstić information content (AvgIpc) is 2.36. The first-order valence-corrected chi connectivity index (χ1v) is 5.66. The fourth-order valence-electron chi connectivity index (χ4n) is 1.61. The molecular weight excluding hydrogens is 295 g/mol. The van der Waals surface area contributed by atoms with E-state index in [4.69, 9.17) is 10.8 Å². The molecule has 0 heterocycles. The Morgan fingerprint density at radius 2 is 2.05 bits per heavy atom. The zero-order chi connectivity index (χ0) is 16.2. The first-order valence-electron chi connectivity index (χ1n) is 5.66. The number of aliphatic hydroxyl groups excluding tert-OH is 1. The minimum atomic E-state index is -4.65. The number of rotatable bonds is 5. The summed E-state index contributed by atoms with van der Waals surface area (Å²) in [4.78, 5) is 22.2. The van der Waals surface area contributed by atoms with Crippen molar-refractivity contribution >= 4 is 17.3 Å². The molecule has 21 heavy (non-hydrogen) atoms. The summed E-state index contributed by atoms with van der Waals surface area (Å²) < 4.78 is 37.1. The second-order valence-corrected chi connectivity index (χ2v) is 4.10. The summed E-state index contributed by atoms with van der Waals surface area (Å²) in [5.74, 6) is -1.08. The SMILES string of the molecule is Nc1ccc(C(=O)N(CCO)CC(F)(F)F)cc1[N+](=O)[O-]. The fourth-order valence-corrected chi connectivity index (χ4v) is 1.61. The van der Waals surface area contributed by atoms with E-state index in [1.807, 2.05) is 0 Å². The molecule has 7 nitrogen and oxygen atoms in total. The summed E-state index contributed by atoms with van der Waals surface area (Å²) in [6.45, 7) is -2.78. The Hall–Kier alpha value is -2.36. The Bertz CT molecular complexity index is 548. The van der Waals surface area contributed by atoms with Gasteiger partial charge in [-0.25, -0.2) is 0 Å². The van der Waals surface area contributed by atoms with Crippen molar-refractivity contribution in [2.24, 2.45) is 0 Å². The number of nitrogen functional groups attached to an aromatic ring is 1. The molecular formula is C11H12F3N3O4. The van der Waals surface area contributed by atoms with Crippen LogP contribution in [0.3, 0.4) is 0 Å². The molecule has 0 fully saturated rings. The van der Waals surface area contributed by atoms with Gasteiger partial charge in [-0.1, -0.05) is 0 Å². The van der Waals surface area contributed by atoms with Gasteiger partial charge >= 0.3 is 6.18 Å². The number of halogens is 3. The third kappa shape index (κ3) is 4.60. The van der Waals surface area contributed by atoms with Crippen molar-refractivity contribution in [1.82, 2.24) is 4.90 Å². The van der Waals surface area contributed by atoms with Crippen LogP contribution in [0.15, 0.2) is 18.2 Å². The third-order valence-corrected chi connectivity index (χ3v) is 2.50. The maximum atomic E-state index is 12.4. The van der Waals surface area contributed by atoms with Crippen LogP contribution in [0.5, 0.6) is 0 Å². The predicted octanol–water partition coefficient (Wildman–Crippen LogP) is 1.17. The molecule has 1 aromatic rings. The predicted molar refractivity (Wildman–Crippen MR) is 66.6 cm³/mol. The van der Waals surface area contributed by atoms with Crippen LogP contribution in [-0.2, 0) is 0 Å². The fraction of sp³-hybridized carbons (Fsp3) is 0.364. The summed E-state index contributed by atoms with van der Waals surface area (Å²) in [5, 5.41) is 19.4. The van der Waals surface area contributed by atoms with E-state index < -0.39 is 42.4 Å². The van der Waals surface area contributed by atoms with E-state index in [-0.39, 0.29) is 11.3 Å². The number of nitro groups is 1. The monoisotopic (exact) mass is 307 g/mol. The molecule has 3 N–H and O–H groups in total. The van der Waals surface area contributed by atoms with Gasteiger partial charge in [-0.05, 0) is 12.1 Å². The molecule has 0 unspecified atom stereocenters. The van der Waals surface area contributed by atoms with Gasteiger partial charge in [-0.15, -0.1) is 0 Å². The molecule has 0 atom stereocenters. The molecule has 1 rings (SSSR count). The van der Waals surface area contributed by atoms with Gasteiger partial charge in [0.1, 0.15) is 12.2 Å². The number of nitro benzene ring substituents is 1. The van der Waals surface area contributed by atoms with Crippen molar-refractivity contribution in [3.05, 3.63) is 33.9 Å². The lowest BCUT2D eigenvalue weighted by molar-refractivity contribution is -0.383. The van der Waals surface area contributed by atoms with E-state index in [1.165, 1.54) is 0 Å². The molecule has 10 heteroatoms. The zero-order valence-electron chi connectivity index (χ0n) is 10.6. The Labute approximate surface area is 116 Å². The molecule has 0 aliphatic heterocycles. The summed E-state index contributed by atoms with van der Waals surface area (Å²) >= 11 is 0. The highest BCUT2D eigenvalue weighted by Gasteiger charge is 2.33. The van der Waals surface area contributed by atoms with Gasteiger partial charge in [-0.2, -0.15) is 13.2 Å². The average molecular weight is 307 g/mol. The van der Waals surface area contributed by atoms with Crippen LogP contribution in [0.4, 0.5) is 24.5 Å². The van der Waals surface area contributed by atoms with Crippen LogP contribution in [0, 0.1) is 10.1 Å². The van der Waals surface area contributed by atoms with Gasteiger partial charge in [0.2, 0.25) is 0 Å². The molecule has 0 saturated heterocycles. The number of carbonyl (C=O) groups is 1. The topological polar surface area (TPSA) is 110 Å². The smallest absolute Gasteiger partial charge is 0.395 e. The highest BCUT2D eigenvalue weighted by atomic mass is 19.4. The molecule has 0 bridgehead atoms. The van der Waals surface area contributed by atoms with Crippen molar-refractivity contribution < 1.29 is 28.0 Å². The Morgan fingerprint density at radius 3 is 2.52 bits per heavy atom. The largest absolute Gasteiger partial charge is 0.406 e. The highest BCUT2D eigenvalue weighted by Crippen LogP contribution is 2.24. The number of anilines is 1. The number of aliphatic hydroxyl groups is 1. The number of benzene rings is 1. The van der Waals surface area contributed by atoms with Crippen molar-refractivity contribution in [3.63, 3.8) is 0 Å². The van der Waals surface area contributed by atoms with Crippen molar-refractivity contribution in [1.29, 1.82) is 0 Å². The third-order valence-electron chi connectivity index (χ3n) is 2.50. The van der Waals surface area contributed by atoms with Crippen molar-refractivity contribution in [3.8, 4) is 0 Å². The normalized spacial score (nSPS) is 11.2. The Balaban J connectivity index is 3.09. The van der Waals surface area contributed by atoms with Crippen LogP contribution in [0.1, 0.15) is 10.4 Å². The molecule has 0 saturated carbocycles. The first kappa shape index (κ1) is 16.7. The molecule has 0 aromatic heterocycles. The second kappa shape index (κ2) is 6.39. The number of nitrogens with two attached hydrogens (primary N) is 1. The Kier molecular flexibility index (Phi) is 5.08. The lowest BCUT2D eigenvalue weighted by Gasteiger charge is -2.23. The molecule has 1 aromatic carbocycles. The van der Waals surface area contributed by atoms with E-state index in [0.717, 1.165) is 18.2 Å². The van der Waals surface area contributed by atoms with E-state index in [2.05, 4.69) is 0 Å². The number of hydrogen-bond donors (Lipinski definition) is 2. The van der Waals surface area contributed by atoms with Gasteiger partial charge in [0.25, 0.3) is 11.6 Å². The van der Waals surface area contributed by atoms with E-state index >= 15 is 0 Å². The van der Waals surface area contributed by atoms with Gasteiger partial charge < -0.3 is 15.7 Å².